The van der Waals surface area contributed by atoms with Crippen molar-refractivity contribution in [1.82, 2.24) is 0 Å². The van der Waals surface area contributed by atoms with Crippen molar-refractivity contribution in [2.75, 3.05) is 60.4 Å². The molecule has 468 valence electrons. The normalized spacial score (nSPS) is 13.9. The van der Waals surface area contributed by atoms with Crippen LogP contribution in [0.1, 0.15) is 126 Å². The average molecular weight is 1280 g/mol. The van der Waals surface area contributed by atoms with Crippen LogP contribution in [0, 0.1) is 61.8 Å². The number of amides is 2. The van der Waals surface area contributed by atoms with E-state index in [2.05, 4.69) is 102 Å². The number of Topliss-reactive ketones (excluding diaryl/α,β-unsaturated/α-hetero) is 1. The summed E-state index contributed by atoms with van der Waals surface area (Å²) in [5, 5.41) is 27.5. The third-order valence-electron chi connectivity index (χ3n) is 12.9. The van der Waals surface area contributed by atoms with E-state index >= 15 is 0 Å². The minimum atomic E-state index is -0.372. The van der Waals surface area contributed by atoms with Crippen LogP contribution in [0.5, 0.6) is 23.0 Å². The zero-order valence-electron chi connectivity index (χ0n) is 49.7. The van der Waals surface area contributed by atoms with Crippen molar-refractivity contribution in [1.29, 1.82) is 0 Å². The number of nitrogens with two attached hydrogens (primary N) is 1. The summed E-state index contributed by atoms with van der Waals surface area (Å²) in [6.07, 6.45) is 3.74. The maximum atomic E-state index is 13.6. The molecule has 0 atom stereocenters. The van der Waals surface area contributed by atoms with Gasteiger partial charge in [0.05, 0.1) is 49.1 Å². The van der Waals surface area contributed by atoms with Crippen molar-refractivity contribution < 1.29 is 61.3 Å². The van der Waals surface area contributed by atoms with Gasteiger partial charge in [-0.2, -0.15) is 0 Å². The number of fused-ring (bicyclic) bond motifs is 4. The van der Waals surface area contributed by atoms with Gasteiger partial charge in [-0.3, -0.25) is 14.4 Å². The second-order valence-electron chi connectivity index (χ2n) is 22.6. The van der Waals surface area contributed by atoms with Crippen LogP contribution in [0.4, 0.5) is 46.0 Å². The van der Waals surface area contributed by atoms with E-state index in [9.17, 15) is 31.9 Å². The van der Waals surface area contributed by atoms with Gasteiger partial charge >= 0.3 is 0 Å². The van der Waals surface area contributed by atoms with E-state index in [1.807, 2.05) is 39.8 Å². The largest absolute Gasteiger partial charge is 0.492 e. The number of halogens is 6. The van der Waals surface area contributed by atoms with E-state index in [1.165, 1.54) is 54.6 Å². The molecule has 6 aromatic rings. The minimum absolute atomic E-state index is 0. The molecule has 86 heavy (non-hydrogen) atoms. The Morgan fingerprint density at radius 3 is 1.58 bits per heavy atom. The van der Waals surface area contributed by atoms with E-state index in [-0.39, 0.29) is 71.5 Å². The molecule has 4 aliphatic heterocycles. The van der Waals surface area contributed by atoms with Gasteiger partial charge in [0.2, 0.25) is 11.8 Å². The van der Waals surface area contributed by atoms with E-state index in [4.69, 9.17) is 29.4 Å². The molecule has 4 heterocycles. The molecule has 15 nitrogen and oxygen atoms in total. The van der Waals surface area contributed by atoms with Gasteiger partial charge in [0.15, 0.2) is 5.78 Å². The molecule has 0 bridgehead atoms. The first-order chi connectivity index (χ1) is 39.8. The standard InChI is InChI=1S/C23H29FN2O2.C14H20BrNO.C9H8FNO2.C9H10FNO.C9H7FO2.CH4.ClH.H3NO/c1-15-11-18(12-16(2)22(15)25-21(27)14-23(3,4)5)26-9-6-10-28-20-13-17(24)7-8-19(20)26;1-9-6-11(15)7-10(2)13(9)16-12(17)8-14(3,4)5;10-6-1-2-7-8(11-12)3-4-13-9(7)5-6;10-7-2-3-8-9(6-7)12-5-1-4-11-8;10-6-1-2-7-8(11)3-4-12-9(7)5-6;;;1-2/h7-8,11-13H,6,9-10,14H2,1-5H3,(H,25,27);6-7H,8H2,1-5H3,(H,16,17);1-2,5,12H,3-4H2;2-3,6,11H,1,4-5H2;1-2,5H,3-4H2;1H4;1H;2H,1H2/b;;11-8+;;;;;. The molecule has 4 aliphatic rings. The van der Waals surface area contributed by atoms with Crippen LogP contribution >= 0.6 is 28.3 Å². The molecule has 7 N–H and O–H groups in total. The highest BCUT2D eigenvalue weighted by atomic mass is 79.9. The molecule has 10 rings (SSSR count). The van der Waals surface area contributed by atoms with E-state index < -0.39 is 0 Å². The number of aryl methyl sites for hydroxylation is 4. The number of benzene rings is 6. The minimum Gasteiger partial charge on any atom is -0.492 e. The summed E-state index contributed by atoms with van der Waals surface area (Å²) < 4.78 is 74.1. The predicted octanol–water partition coefficient (Wildman–Crippen LogP) is 16.2. The van der Waals surface area contributed by atoms with E-state index in [0.717, 1.165) is 81.1 Å². The van der Waals surface area contributed by atoms with E-state index in [1.54, 1.807) is 18.2 Å². The van der Waals surface area contributed by atoms with Gasteiger partial charge in [0.25, 0.3) is 0 Å². The molecule has 0 radical (unpaired) electrons. The van der Waals surface area contributed by atoms with Gasteiger partial charge in [0.1, 0.15) is 46.3 Å². The fourth-order valence-corrected chi connectivity index (χ4v) is 9.86. The van der Waals surface area contributed by atoms with Crippen molar-refractivity contribution in [2.45, 2.75) is 115 Å². The van der Waals surface area contributed by atoms with Crippen LogP contribution in [-0.2, 0) is 9.59 Å². The second kappa shape index (κ2) is 34.1. The van der Waals surface area contributed by atoms with Crippen molar-refractivity contribution >= 4 is 80.1 Å². The number of ketones is 1. The fraction of sp³-hybridized carbons (Fsp3) is 0.385. The lowest BCUT2D eigenvalue weighted by Crippen LogP contribution is -2.21. The van der Waals surface area contributed by atoms with Gasteiger partial charge in [-0.05, 0) is 146 Å². The van der Waals surface area contributed by atoms with Crippen LogP contribution in [-0.4, -0.2) is 73.2 Å². The Bertz CT molecular complexity index is 3240. The molecule has 0 unspecified atom stereocenters. The highest BCUT2D eigenvalue weighted by Crippen LogP contribution is 2.39. The lowest BCUT2D eigenvalue weighted by atomic mass is 9.92. The quantitative estimate of drug-likeness (QED) is 0.0542. The number of rotatable bonds is 5. The predicted molar refractivity (Wildman–Crippen MR) is 339 cm³/mol. The third-order valence-corrected chi connectivity index (χ3v) is 13.3. The van der Waals surface area contributed by atoms with Crippen molar-refractivity contribution in [3.8, 4) is 23.0 Å². The van der Waals surface area contributed by atoms with Gasteiger partial charge in [0, 0.05) is 90.1 Å². The summed E-state index contributed by atoms with van der Waals surface area (Å²) in [5.74, 6) is 4.34. The van der Waals surface area contributed by atoms with E-state index in [0.29, 0.717) is 91.9 Å². The molecule has 2 amide bonds. The Morgan fingerprint density at radius 1 is 0.616 bits per heavy atom. The maximum absolute atomic E-state index is 13.6. The highest BCUT2D eigenvalue weighted by Gasteiger charge is 2.24. The number of hydrogen-bond acceptors (Lipinski definition) is 13. The van der Waals surface area contributed by atoms with Gasteiger partial charge in [-0.15, -0.1) is 12.4 Å². The Balaban J connectivity index is 0.000000290. The molecule has 6 aromatic carbocycles. The summed E-state index contributed by atoms with van der Waals surface area (Å²) in [5.41, 5.74) is 10.4. The SMILES string of the molecule is C.Cc1cc(Br)cc(C)c1NC(=O)CC(C)(C)C.Cc1cc(N2CCCOc3cc(F)ccc32)cc(C)c1NC(=O)CC(C)(C)C.Cl.Fc1ccc2c(c1)OCCCN2.NO.O/N=C1\CCOc2cc(F)ccc21.O=C1CCOc2cc(F)ccc21. The topological polar surface area (TPSA) is 206 Å². The van der Waals surface area contributed by atoms with Crippen LogP contribution in [0.25, 0.3) is 0 Å². The zero-order valence-corrected chi connectivity index (χ0v) is 52.1. The average Bonchev–Trinajstić information content (AvgIpc) is 2.04. The lowest BCUT2D eigenvalue weighted by molar-refractivity contribution is -0.118. The van der Waals surface area contributed by atoms with Crippen LogP contribution < -0.4 is 45.7 Å². The number of ether oxygens (including phenoxy) is 4. The smallest absolute Gasteiger partial charge is 0.224 e. The molecule has 0 saturated heterocycles. The number of carbonyl (C=O) groups excluding carboxylic acids is 3. The van der Waals surface area contributed by atoms with Crippen LogP contribution in [0.15, 0.2) is 107 Å². The number of nitrogens with zero attached hydrogens (tertiary/aromatic N) is 2. The number of anilines is 5. The number of hydrogen-bond donors (Lipinski definition) is 6. The lowest BCUT2D eigenvalue weighted by Gasteiger charge is -2.26. The Morgan fingerprint density at radius 2 is 1.05 bits per heavy atom. The number of oxime groups is 1. The third kappa shape index (κ3) is 22.5. The molecule has 21 heteroatoms. The van der Waals surface area contributed by atoms with Crippen molar-refractivity contribution in [2.24, 2.45) is 21.9 Å². The maximum Gasteiger partial charge on any atom is 0.224 e. The van der Waals surface area contributed by atoms with Crippen molar-refractivity contribution in [3.63, 3.8) is 0 Å². The zero-order chi connectivity index (χ0) is 61.9. The van der Waals surface area contributed by atoms with Crippen molar-refractivity contribution in [3.05, 3.63) is 158 Å². The van der Waals surface area contributed by atoms with Crippen LogP contribution in [0.3, 0.4) is 0 Å². The molecule has 0 fully saturated rings. The number of carbonyl (C=O) groups is 3. The van der Waals surface area contributed by atoms with Crippen LogP contribution in [0.2, 0.25) is 0 Å². The van der Waals surface area contributed by atoms with Gasteiger partial charge < -0.3 is 50.2 Å². The Labute approximate surface area is 517 Å². The number of nitrogens with one attached hydrogen (secondary N) is 3. The Hall–Kier alpha value is -7.39. The molecule has 0 spiro atoms. The second-order valence-corrected chi connectivity index (χ2v) is 23.5. The fourth-order valence-electron chi connectivity index (χ4n) is 9.18. The molecule has 0 aliphatic carbocycles. The summed E-state index contributed by atoms with van der Waals surface area (Å²) in [6, 6.07) is 25.5. The monoisotopic (exact) mass is 1280 g/mol. The first-order valence-electron chi connectivity index (χ1n) is 27.5. The highest BCUT2D eigenvalue weighted by molar-refractivity contribution is 9.10. The Kier molecular flexibility index (Phi) is 28.9. The first-order valence-corrected chi connectivity index (χ1v) is 28.3. The summed E-state index contributed by atoms with van der Waals surface area (Å²) in [7, 11) is 0. The van der Waals surface area contributed by atoms with Gasteiger partial charge in [-0.1, -0.05) is 70.1 Å². The molecule has 0 saturated carbocycles. The first kappa shape index (κ1) is 72.9. The summed E-state index contributed by atoms with van der Waals surface area (Å²) >= 11 is 3.45. The molecular weight excluding hydrogens is 1200 g/mol. The van der Waals surface area contributed by atoms with Gasteiger partial charge in [-0.25, -0.2) is 23.5 Å². The molecule has 0 aromatic heterocycles. The summed E-state index contributed by atoms with van der Waals surface area (Å²) in [4.78, 5) is 37.6. The molecular formula is C65H82BrClF4N6O9. The summed E-state index contributed by atoms with van der Waals surface area (Å²) in [6.45, 7) is 24.0.